The molecule has 3 aromatic rings. The first-order valence-corrected chi connectivity index (χ1v) is 7.01. The van der Waals surface area contributed by atoms with E-state index < -0.39 is 15.3 Å². The van der Waals surface area contributed by atoms with Crippen molar-refractivity contribution in [3.8, 4) is 11.1 Å². The molecule has 0 spiro atoms. The number of hydrogen-bond donors (Lipinski definition) is 2. The van der Waals surface area contributed by atoms with Gasteiger partial charge >= 0.3 is 10.1 Å². The molecule has 2 radical (unpaired) electrons. The number of aromatic amines is 1. The van der Waals surface area contributed by atoms with E-state index in [-0.39, 0.29) is 37.7 Å². The molecule has 0 aliphatic heterocycles. The van der Waals surface area contributed by atoms with E-state index in [2.05, 4.69) is 9.97 Å². The third kappa shape index (κ3) is 2.89. The molecule has 0 bridgehead atoms. The van der Waals surface area contributed by atoms with Crippen molar-refractivity contribution in [2.75, 3.05) is 0 Å². The zero-order chi connectivity index (χ0) is 13.5. The zero-order valence-corrected chi connectivity index (χ0v) is 13.5. The third-order valence-electron chi connectivity index (χ3n) is 2.82. The van der Waals surface area contributed by atoms with Crippen molar-refractivity contribution < 1.29 is 13.0 Å². The van der Waals surface area contributed by atoms with E-state index in [0.29, 0.717) is 11.0 Å². The minimum absolute atomic E-state index is 0. The Kier molecular flexibility index (Phi) is 4.51. The fourth-order valence-corrected chi connectivity index (χ4v) is 2.43. The second-order valence-corrected chi connectivity index (χ2v) is 5.42. The van der Waals surface area contributed by atoms with E-state index in [0.717, 1.165) is 11.1 Å². The third-order valence-corrected chi connectivity index (χ3v) is 3.50. The van der Waals surface area contributed by atoms with Gasteiger partial charge in [0.25, 0.3) is 5.16 Å². The quantitative estimate of drug-likeness (QED) is 0.560. The zero-order valence-electron chi connectivity index (χ0n) is 10.4. The van der Waals surface area contributed by atoms with Crippen molar-refractivity contribution >= 4 is 58.9 Å². The van der Waals surface area contributed by atoms with Crippen LogP contribution in [-0.2, 0) is 10.1 Å². The summed E-state index contributed by atoms with van der Waals surface area (Å²) in [7, 11) is -4.33. The smallest absolute Gasteiger partial charge is 0.327 e. The minimum Gasteiger partial charge on any atom is -0.327 e. The van der Waals surface area contributed by atoms with Gasteiger partial charge in [-0.15, -0.1) is 0 Å². The number of rotatable bonds is 2. The average Bonchev–Trinajstić information content (AvgIpc) is 2.83. The summed E-state index contributed by atoms with van der Waals surface area (Å²) in [6.07, 6.45) is 0. The summed E-state index contributed by atoms with van der Waals surface area (Å²) in [6.45, 7) is 0. The van der Waals surface area contributed by atoms with Gasteiger partial charge in [0.05, 0.1) is 11.0 Å². The van der Waals surface area contributed by atoms with Crippen molar-refractivity contribution in [3.05, 3.63) is 48.5 Å². The Morgan fingerprint density at radius 1 is 1.00 bits per heavy atom. The van der Waals surface area contributed by atoms with Crippen LogP contribution in [0.1, 0.15) is 0 Å². The molecule has 3 rings (SSSR count). The van der Waals surface area contributed by atoms with Gasteiger partial charge < -0.3 is 4.98 Å². The number of hydrogen-bond acceptors (Lipinski definition) is 3. The van der Waals surface area contributed by atoms with Gasteiger partial charge in [-0.25, -0.2) is 4.98 Å². The standard InChI is InChI=1S/C13H10N2O3S.Ca/c16-19(17,18)13-14-11-8-4-7-10(12(11)15-13)9-5-2-1-3-6-9;/h1-8H,(H,14,15)(H,16,17,18);. The summed E-state index contributed by atoms with van der Waals surface area (Å²) in [6, 6.07) is 14.9. The predicted octanol–water partition coefficient (Wildman–Crippen LogP) is 2.10. The van der Waals surface area contributed by atoms with E-state index in [4.69, 9.17) is 4.55 Å². The Labute approximate surface area is 145 Å². The van der Waals surface area contributed by atoms with E-state index in [1.807, 2.05) is 36.4 Å². The van der Waals surface area contributed by atoms with Gasteiger partial charge in [-0.3, -0.25) is 4.55 Å². The largest absolute Gasteiger partial charge is 0.328 e. The summed E-state index contributed by atoms with van der Waals surface area (Å²) in [4.78, 5) is 6.56. The van der Waals surface area contributed by atoms with Crippen LogP contribution in [0.2, 0.25) is 0 Å². The van der Waals surface area contributed by atoms with Gasteiger partial charge in [0.1, 0.15) is 0 Å². The van der Waals surface area contributed by atoms with Crippen LogP contribution >= 0.6 is 0 Å². The number of H-pyrrole nitrogens is 1. The Hall–Kier alpha value is -0.920. The fraction of sp³-hybridized carbons (Fsp3) is 0. The molecule has 0 atom stereocenters. The van der Waals surface area contributed by atoms with Crippen molar-refractivity contribution in [1.29, 1.82) is 0 Å². The number of imidazole rings is 1. The first-order valence-electron chi connectivity index (χ1n) is 5.57. The van der Waals surface area contributed by atoms with Crippen molar-refractivity contribution in [2.45, 2.75) is 5.16 Å². The number of benzene rings is 2. The van der Waals surface area contributed by atoms with Crippen molar-refractivity contribution in [3.63, 3.8) is 0 Å². The second kappa shape index (κ2) is 5.83. The van der Waals surface area contributed by atoms with Gasteiger partial charge in [0.15, 0.2) is 0 Å². The maximum Gasteiger partial charge on any atom is 0.328 e. The predicted molar refractivity (Wildman–Crippen MR) is 77.1 cm³/mol. The van der Waals surface area contributed by atoms with Gasteiger partial charge in [-0.1, -0.05) is 42.5 Å². The first kappa shape index (κ1) is 15.5. The van der Waals surface area contributed by atoms with Crippen LogP contribution in [0.15, 0.2) is 53.7 Å². The summed E-state index contributed by atoms with van der Waals surface area (Å²) in [5, 5.41) is -0.439. The van der Waals surface area contributed by atoms with E-state index in [1.165, 1.54) is 0 Å². The molecule has 20 heavy (non-hydrogen) atoms. The van der Waals surface area contributed by atoms with E-state index in [1.54, 1.807) is 12.1 Å². The molecule has 0 fully saturated rings. The fourth-order valence-electron chi connectivity index (χ4n) is 1.98. The van der Waals surface area contributed by atoms with Crippen LogP contribution < -0.4 is 0 Å². The molecule has 1 aromatic heterocycles. The van der Waals surface area contributed by atoms with Crippen molar-refractivity contribution in [2.24, 2.45) is 0 Å². The van der Waals surface area contributed by atoms with Crippen LogP contribution in [0.25, 0.3) is 22.2 Å². The first-order chi connectivity index (χ1) is 9.05. The number of aromatic nitrogens is 2. The summed E-state index contributed by atoms with van der Waals surface area (Å²) < 4.78 is 31.3. The van der Waals surface area contributed by atoms with Crippen LogP contribution in [0.4, 0.5) is 0 Å². The molecule has 98 valence electrons. The maximum absolute atomic E-state index is 11.1. The SMILES string of the molecule is O=S(=O)(O)c1nc2c(-c3ccccc3)cccc2[nH]1.[Ca]. The molecule has 0 amide bonds. The molecule has 0 saturated carbocycles. The number of para-hydroxylation sites is 1. The number of fused-ring (bicyclic) bond motifs is 1. The topological polar surface area (TPSA) is 83.1 Å². The van der Waals surface area contributed by atoms with E-state index in [9.17, 15) is 8.42 Å². The minimum atomic E-state index is -4.33. The average molecular weight is 314 g/mol. The molecule has 2 N–H and O–H groups in total. The molecule has 0 aliphatic carbocycles. The van der Waals surface area contributed by atoms with Crippen LogP contribution in [-0.4, -0.2) is 60.7 Å². The molecule has 0 unspecified atom stereocenters. The Morgan fingerprint density at radius 3 is 2.35 bits per heavy atom. The Bertz CT molecular complexity index is 844. The second-order valence-electron chi connectivity index (χ2n) is 4.08. The van der Waals surface area contributed by atoms with Crippen molar-refractivity contribution in [1.82, 2.24) is 9.97 Å². The molecule has 5 nitrogen and oxygen atoms in total. The normalized spacial score (nSPS) is 11.2. The van der Waals surface area contributed by atoms with E-state index >= 15 is 0 Å². The molecular formula is C13H10CaN2O3S. The molecule has 1 heterocycles. The monoisotopic (exact) mass is 314 g/mol. The molecule has 2 aromatic carbocycles. The van der Waals surface area contributed by atoms with Gasteiger partial charge in [0, 0.05) is 43.3 Å². The van der Waals surface area contributed by atoms with Crippen LogP contribution in [0.3, 0.4) is 0 Å². The van der Waals surface area contributed by atoms with Crippen LogP contribution in [0.5, 0.6) is 0 Å². The number of nitrogens with one attached hydrogen (secondary N) is 1. The summed E-state index contributed by atoms with van der Waals surface area (Å²) in [5.74, 6) is 0. The Morgan fingerprint density at radius 2 is 1.70 bits per heavy atom. The Balaban J connectivity index is 0.00000147. The van der Waals surface area contributed by atoms with Gasteiger partial charge in [-0.2, -0.15) is 8.42 Å². The molecule has 7 heteroatoms. The summed E-state index contributed by atoms with van der Waals surface area (Å²) >= 11 is 0. The molecular weight excluding hydrogens is 304 g/mol. The molecule has 0 aliphatic rings. The van der Waals surface area contributed by atoms with Crippen LogP contribution in [0, 0.1) is 0 Å². The van der Waals surface area contributed by atoms with Gasteiger partial charge in [0.2, 0.25) is 0 Å². The molecule has 0 saturated heterocycles. The summed E-state index contributed by atoms with van der Waals surface area (Å²) in [5.41, 5.74) is 2.82. The van der Waals surface area contributed by atoms with Gasteiger partial charge in [-0.05, 0) is 11.6 Å². The number of nitrogens with zero attached hydrogens (tertiary/aromatic N) is 1. The maximum atomic E-state index is 11.1.